The minimum absolute atomic E-state index is 0.193. The molecule has 0 aromatic heterocycles. The number of quaternary nitrogens is 1. The van der Waals surface area contributed by atoms with Crippen molar-refractivity contribution in [1.82, 2.24) is 4.67 Å². The van der Waals surface area contributed by atoms with Crippen molar-refractivity contribution in [2.24, 2.45) is 0 Å². The van der Waals surface area contributed by atoms with Gasteiger partial charge in [-0.15, -0.1) is 0 Å². The molecule has 1 aromatic carbocycles. The molecule has 5 heteroatoms. The van der Waals surface area contributed by atoms with Gasteiger partial charge in [0, 0.05) is 0 Å². The Morgan fingerprint density at radius 3 is 2.19 bits per heavy atom. The number of hydrogen-bond donors (Lipinski definition) is 0. The molecule has 1 aliphatic heterocycles. The molecule has 1 aliphatic rings. The van der Waals surface area contributed by atoms with E-state index in [-0.39, 0.29) is 9.56 Å². The fourth-order valence-electron chi connectivity index (χ4n) is 2.33. The van der Waals surface area contributed by atoms with Crippen LogP contribution in [0.2, 0.25) is 0 Å². The van der Waals surface area contributed by atoms with Crippen molar-refractivity contribution in [3.8, 4) is 0 Å². The summed E-state index contributed by atoms with van der Waals surface area (Å²) in [5.74, 6) is 0. The maximum absolute atomic E-state index is 15.3. The molecular weight excluding hydrogens is 229 g/mol. The zero-order chi connectivity index (χ0) is 12.1. The van der Waals surface area contributed by atoms with Crippen LogP contribution in [0.4, 0.5) is 8.39 Å². The van der Waals surface area contributed by atoms with E-state index in [1.165, 1.54) is 11.7 Å². The second kappa shape index (κ2) is 3.22. The molecular formula is C11H18F2N2P+. The van der Waals surface area contributed by atoms with E-state index in [2.05, 4.69) is 0 Å². The zero-order valence-electron chi connectivity index (χ0n) is 9.90. The van der Waals surface area contributed by atoms with E-state index in [1.54, 1.807) is 44.4 Å². The van der Waals surface area contributed by atoms with Crippen molar-refractivity contribution in [3.63, 3.8) is 0 Å². The Balaban J connectivity index is 2.65. The van der Waals surface area contributed by atoms with Gasteiger partial charge in [-0.3, -0.25) is 0 Å². The van der Waals surface area contributed by atoms with Crippen molar-refractivity contribution < 1.29 is 12.6 Å². The van der Waals surface area contributed by atoms with Crippen LogP contribution in [-0.2, 0) is 0 Å². The standard InChI is InChI=1S/C11H18F2N2P/c1-14-9-10-15(2,3)16(14,12,13)11-7-5-4-6-8-11/h4-8H,9-10H2,1-3H3/q+1. The first kappa shape index (κ1) is 11.9. The third-order valence-electron chi connectivity index (χ3n) is 3.66. The van der Waals surface area contributed by atoms with Crippen LogP contribution < -0.4 is 5.30 Å². The fraction of sp³-hybridized carbons (Fsp3) is 0.455. The quantitative estimate of drug-likeness (QED) is 0.689. The molecule has 0 amide bonds. The van der Waals surface area contributed by atoms with Crippen molar-refractivity contribution >= 4 is 12.8 Å². The average Bonchev–Trinajstić information content (AvgIpc) is 2.42. The fourth-order valence-corrected chi connectivity index (χ4v) is 5.70. The second-order valence-corrected chi connectivity index (χ2v) is 8.82. The molecule has 0 bridgehead atoms. The third-order valence-corrected chi connectivity index (χ3v) is 8.21. The van der Waals surface area contributed by atoms with E-state index in [4.69, 9.17) is 0 Å². The van der Waals surface area contributed by atoms with Crippen LogP contribution in [0.5, 0.6) is 0 Å². The van der Waals surface area contributed by atoms with E-state index in [9.17, 15) is 0 Å². The number of halogens is 2. The number of hydrogen-bond acceptors (Lipinski definition) is 1. The Hall–Kier alpha value is -0.570. The van der Waals surface area contributed by atoms with E-state index in [0.29, 0.717) is 13.1 Å². The van der Waals surface area contributed by atoms with Gasteiger partial charge in [0.15, 0.2) is 0 Å². The normalized spacial score (nSPS) is 29.4. The maximum atomic E-state index is 15.3. The number of benzene rings is 1. The van der Waals surface area contributed by atoms with E-state index in [1.807, 2.05) is 0 Å². The summed E-state index contributed by atoms with van der Waals surface area (Å²) < 4.78 is 31.6. The van der Waals surface area contributed by atoms with Crippen LogP contribution in [0.3, 0.4) is 0 Å². The first-order valence-corrected chi connectivity index (χ1v) is 7.27. The van der Waals surface area contributed by atoms with Crippen molar-refractivity contribution in [3.05, 3.63) is 30.3 Å². The van der Waals surface area contributed by atoms with Crippen molar-refractivity contribution in [2.75, 3.05) is 34.2 Å². The molecule has 2 nitrogen and oxygen atoms in total. The van der Waals surface area contributed by atoms with Crippen LogP contribution in [0.15, 0.2) is 30.3 Å². The van der Waals surface area contributed by atoms with E-state index in [0.717, 1.165) is 0 Å². The zero-order valence-corrected chi connectivity index (χ0v) is 10.8. The summed E-state index contributed by atoms with van der Waals surface area (Å²) in [7, 11) is -0.203. The van der Waals surface area contributed by atoms with Gasteiger partial charge in [-0.2, -0.15) is 0 Å². The summed E-state index contributed by atoms with van der Waals surface area (Å²) >= 11 is 0. The first-order valence-electron chi connectivity index (χ1n) is 5.35. The van der Waals surface area contributed by atoms with Crippen LogP contribution in [-0.4, -0.2) is 43.2 Å². The predicted octanol–water partition coefficient (Wildman–Crippen LogP) is 2.49. The van der Waals surface area contributed by atoms with Crippen molar-refractivity contribution in [2.45, 2.75) is 0 Å². The summed E-state index contributed by atoms with van der Waals surface area (Å²) in [6.45, 7) is 0.947. The van der Waals surface area contributed by atoms with Gasteiger partial charge in [0.2, 0.25) is 0 Å². The minimum atomic E-state index is -5.01. The topological polar surface area (TPSA) is 3.24 Å². The predicted molar refractivity (Wildman–Crippen MR) is 64.8 cm³/mol. The van der Waals surface area contributed by atoms with Gasteiger partial charge in [0.1, 0.15) is 0 Å². The van der Waals surface area contributed by atoms with E-state index < -0.39 is 7.53 Å². The number of nitrogens with zero attached hydrogens (tertiary/aromatic N) is 2. The molecule has 0 N–H and O–H groups in total. The van der Waals surface area contributed by atoms with Crippen LogP contribution in [0.25, 0.3) is 0 Å². The number of likely N-dealkylation sites (N-methyl/N-ethyl adjacent to an activating group) is 2. The Bertz CT molecular complexity index is 406. The Morgan fingerprint density at radius 1 is 1.19 bits per heavy atom. The molecule has 16 heavy (non-hydrogen) atoms. The Labute approximate surface area is 95.3 Å². The van der Waals surface area contributed by atoms with Gasteiger partial charge in [-0.25, -0.2) is 0 Å². The summed E-state index contributed by atoms with van der Waals surface area (Å²) in [5.41, 5.74) is 0. The molecule has 90 valence electrons. The molecule has 0 radical (unpaired) electrons. The van der Waals surface area contributed by atoms with Crippen LogP contribution >= 0.6 is 7.53 Å². The SMILES string of the molecule is CN1CC[N+](C)(C)P1(F)(F)c1ccccc1. The van der Waals surface area contributed by atoms with Crippen LogP contribution in [0.1, 0.15) is 0 Å². The van der Waals surface area contributed by atoms with E-state index >= 15 is 8.39 Å². The molecule has 0 aliphatic carbocycles. The average molecular weight is 247 g/mol. The van der Waals surface area contributed by atoms with Gasteiger partial charge in [0.05, 0.1) is 0 Å². The summed E-state index contributed by atoms with van der Waals surface area (Å²) in [4.78, 5) is 0. The molecule has 2 rings (SSSR count). The van der Waals surface area contributed by atoms with Gasteiger partial charge in [-0.05, 0) is 0 Å². The van der Waals surface area contributed by atoms with Crippen molar-refractivity contribution in [1.29, 1.82) is 0 Å². The van der Waals surface area contributed by atoms with Gasteiger partial charge >= 0.3 is 94.7 Å². The van der Waals surface area contributed by atoms with Gasteiger partial charge < -0.3 is 0 Å². The Morgan fingerprint density at radius 2 is 1.75 bits per heavy atom. The molecule has 0 spiro atoms. The molecule has 1 saturated heterocycles. The molecule has 1 heterocycles. The summed E-state index contributed by atoms with van der Waals surface area (Å²) in [5, 5.41) is 0.193. The summed E-state index contributed by atoms with van der Waals surface area (Å²) in [6.07, 6.45) is 0. The molecule has 1 fully saturated rings. The molecule has 0 atom stereocenters. The third kappa shape index (κ3) is 1.21. The monoisotopic (exact) mass is 247 g/mol. The summed E-state index contributed by atoms with van der Waals surface area (Å²) in [6, 6.07) is 8.27. The van der Waals surface area contributed by atoms with Crippen LogP contribution in [0, 0.1) is 0 Å². The second-order valence-electron chi connectivity index (χ2n) is 4.89. The first-order chi connectivity index (χ1) is 7.29. The molecule has 0 unspecified atom stereocenters. The Kier molecular flexibility index (Phi) is 2.40. The number of rotatable bonds is 1. The molecule has 0 saturated carbocycles. The molecule has 1 aromatic rings. The van der Waals surface area contributed by atoms with Gasteiger partial charge in [0.25, 0.3) is 0 Å². The van der Waals surface area contributed by atoms with Gasteiger partial charge in [-0.1, -0.05) is 0 Å².